The van der Waals surface area contributed by atoms with Gasteiger partial charge in [0, 0.05) is 16.2 Å². The van der Waals surface area contributed by atoms with Gasteiger partial charge in [0.15, 0.2) is 0 Å². The Balaban J connectivity index is 1.99. The predicted molar refractivity (Wildman–Crippen MR) is 101 cm³/mol. The van der Waals surface area contributed by atoms with Crippen LogP contribution in [0.4, 0.5) is 0 Å². The summed E-state index contributed by atoms with van der Waals surface area (Å²) in [5.41, 5.74) is 1.78. The number of fused-ring (bicyclic) bond motifs is 3. The van der Waals surface area contributed by atoms with Crippen LogP contribution in [0.25, 0.3) is 21.7 Å². The highest BCUT2D eigenvalue weighted by Gasteiger charge is 2.28. The second-order valence-electron chi connectivity index (χ2n) is 6.87. The maximum atomic E-state index is 12.6. The van der Waals surface area contributed by atoms with Gasteiger partial charge in [-0.05, 0) is 13.8 Å². The zero-order valence-electron chi connectivity index (χ0n) is 15.6. The molecular weight excluding hydrogens is 346 g/mol. The second kappa shape index (κ2) is 7.21. The Kier molecular flexibility index (Phi) is 4.76. The molecule has 6 nitrogen and oxygen atoms in total. The normalized spacial score (nSPS) is 15.5. The van der Waals surface area contributed by atoms with E-state index in [0.29, 0.717) is 42.1 Å². The number of nitrogens with one attached hydrogen (secondary N) is 1. The van der Waals surface area contributed by atoms with E-state index in [2.05, 4.69) is 0 Å². The van der Waals surface area contributed by atoms with E-state index in [-0.39, 0.29) is 12.4 Å². The number of furan rings is 1. The third-order valence-corrected chi connectivity index (χ3v) is 5.20. The quantitative estimate of drug-likeness (QED) is 0.689. The predicted octanol–water partition coefficient (Wildman–Crippen LogP) is 2.19. The Hall–Kier alpha value is -2.57. The largest absolute Gasteiger partial charge is 0.507 e. The molecule has 1 aromatic heterocycles. The molecule has 6 heteroatoms. The number of rotatable bonds is 4. The van der Waals surface area contributed by atoms with Crippen molar-refractivity contribution in [2.75, 3.05) is 32.9 Å². The molecular formula is C21H24NO5+. The molecule has 0 radical (unpaired) electrons. The van der Waals surface area contributed by atoms with E-state index in [4.69, 9.17) is 13.9 Å². The maximum Gasteiger partial charge on any atom is 0.342 e. The number of aryl methyl sites for hydroxylation is 1. The number of benzene rings is 2. The number of hydrogen-bond acceptors (Lipinski definition) is 5. The summed E-state index contributed by atoms with van der Waals surface area (Å²) < 4.78 is 16.7. The lowest BCUT2D eigenvalue weighted by Crippen LogP contribution is -3.12. The van der Waals surface area contributed by atoms with Crippen molar-refractivity contribution in [3.8, 4) is 5.75 Å². The van der Waals surface area contributed by atoms with Crippen LogP contribution in [0.5, 0.6) is 5.75 Å². The van der Waals surface area contributed by atoms with Crippen LogP contribution in [-0.2, 0) is 16.0 Å². The SMILES string of the molecule is CCOC(=O)c1c(C)oc2c1c(C[NH+]1CCOCC1)c(O)c1ccccc12. The van der Waals surface area contributed by atoms with Gasteiger partial charge in [0.05, 0.1) is 25.4 Å². The standard InChI is InChI=1S/C21H23NO5/c1-3-26-21(24)17-13(2)27-20-15-7-5-4-6-14(15)19(23)16(18(17)20)12-22-8-10-25-11-9-22/h4-7,23H,3,8-12H2,1-2H3/p+1. The minimum atomic E-state index is -0.415. The first kappa shape index (κ1) is 17.8. The minimum absolute atomic E-state index is 0.212. The number of esters is 1. The van der Waals surface area contributed by atoms with Gasteiger partial charge in [-0.2, -0.15) is 0 Å². The molecule has 1 aliphatic rings. The van der Waals surface area contributed by atoms with Gasteiger partial charge in [0.1, 0.15) is 42.3 Å². The van der Waals surface area contributed by atoms with Gasteiger partial charge >= 0.3 is 5.97 Å². The summed E-state index contributed by atoms with van der Waals surface area (Å²) >= 11 is 0. The van der Waals surface area contributed by atoms with Gasteiger partial charge in [-0.15, -0.1) is 0 Å². The Morgan fingerprint density at radius 2 is 1.93 bits per heavy atom. The van der Waals surface area contributed by atoms with Gasteiger partial charge in [-0.1, -0.05) is 24.3 Å². The number of morpholine rings is 1. The number of ether oxygens (including phenoxy) is 2. The zero-order chi connectivity index (χ0) is 19.0. The molecule has 0 saturated carbocycles. The van der Waals surface area contributed by atoms with Crippen LogP contribution in [0.15, 0.2) is 28.7 Å². The first-order valence-electron chi connectivity index (χ1n) is 9.35. The summed E-state index contributed by atoms with van der Waals surface area (Å²) in [4.78, 5) is 13.9. The van der Waals surface area contributed by atoms with Gasteiger partial charge in [-0.25, -0.2) is 4.79 Å². The molecule has 0 bridgehead atoms. The van der Waals surface area contributed by atoms with E-state index in [1.165, 1.54) is 4.90 Å². The first-order valence-corrected chi connectivity index (χ1v) is 9.35. The molecule has 1 fully saturated rings. The summed E-state index contributed by atoms with van der Waals surface area (Å²) in [7, 11) is 0. The summed E-state index contributed by atoms with van der Waals surface area (Å²) in [6, 6.07) is 7.57. The monoisotopic (exact) mass is 370 g/mol. The highest BCUT2D eigenvalue weighted by Crippen LogP contribution is 2.41. The molecule has 1 aliphatic heterocycles. The first-order chi connectivity index (χ1) is 13.1. The van der Waals surface area contributed by atoms with Crippen LogP contribution >= 0.6 is 0 Å². The summed E-state index contributed by atoms with van der Waals surface area (Å²) in [5, 5.41) is 13.3. The van der Waals surface area contributed by atoms with Crippen LogP contribution in [0.1, 0.15) is 28.6 Å². The molecule has 2 heterocycles. The highest BCUT2D eigenvalue weighted by atomic mass is 16.5. The third kappa shape index (κ3) is 3.05. The lowest BCUT2D eigenvalue weighted by atomic mass is 9.97. The van der Waals surface area contributed by atoms with Crippen LogP contribution in [0.2, 0.25) is 0 Å². The van der Waals surface area contributed by atoms with E-state index >= 15 is 0 Å². The zero-order valence-corrected chi connectivity index (χ0v) is 15.6. The van der Waals surface area contributed by atoms with E-state index in [1.54, 1.807) is 13.8 Å². The maximum absolute atomic E-state index is 12.6. The van der Waals surface area contributed by atoms with Gasteiger partial charge in [0.25, 0.3) is 0 Å². The Morgan fingerprint density at radius 1 is 1.22 bits per heavy atom. The fraction of sp³-hybridized carbons (Fsp3) is 0.381. The average molecular weight is 370 g/mol. The van der Waals surface area contributed by atoms with Crippen molar-refractivity contribution >= 4 is 27.7 Å². The van der Waals surface area contributed by atoms with Crippen LogP contribution in [-0.4, -0.2) is 44.0 Å². The summed E-state index contributed by atoms with van der Waals surface area (Å²) in [5.74, 6) is 0.308. The van der Waals surface area contributed by atoms with Crippen LogP contribution < -0.4 is 4.90 Å². The van der Waals surface area contributed by atoms with Crippen molar-refractivity contribution in [3.05, 3.63) is 41.2 Å². The fourth-order valence-electron chi connectivity index (χ4n) is 3.90. The van der Waals surface area contributed by atoms with Crippen molar-refractivity contribution < 1.29 is 28.7 Å². The van der Waals surface area contributed by atoms with E-state index in [9.17, 15) is 9.90 Å². The van der Waals surface area contributed by atoms with Crippen molar-refractivity contribution in [1.29, 1.82) is 0 Å². The minimum Gasteiger partial charge on any atom is -0.507 e. The van der Waals surface area contributed by atoms with Crippen molar-refractivity contribution in [3.63, 3.8) is 0 Å². The molecule has 3 aromatic rings. The molecule has 0 aliphatic carbocycles. The second-order valence-corrected chi connectivity index (χ2v) is 6.87. The Morgan fingerprint density at radius 3 is 2.63 bits per heavy atom. The average Bonchev–Trinajstić information content (AvgIpc) is 3.03. The van der Waals surface area contributed by atoms with E-state index in [1.807, 2.05) is 24.3 Å². The highest BCUT2D eigenvalue weighted by molar-refractivity contribution is 6.16. The lowest BCUT2D eigenvalue weighted by molar-refractivity contribution is -0.921. The summed E-state index contributed by atoms with van der Waals surface area (Å²) in [6.07, 6.45) is 0. The molecule has 1 saturated heterocycles. The smallest absolute Gasteiger partial charge is 0.342 e. The van der Waals surface area contributed by atoms with Crippen LogP contribution in [0.3, 0.4) is 0 Å². The van der Waals surface area contributed by atoms with Crippen molar-refractivity contribution in [1.82, 2.24) is 0 Å². The van der Waals surface area contributed by atoms with E-state index in [0.717, 1.165) is 29.4 Å². The number of phenols is 1. The molecule has 142 valence electrons. The molecule has 2 N–H and O–H groups in total. The molecule has 27 heavy (non-hydrogen) atoms. The number of quaternary nitrogens is 1. The molecule has 0 amide bonds. The number of carbonyl (C=O) groups is 1. The fourth-order valence-corrected chi connectivity index (χ4v) is 3.90. The topological polar surface area (TPSA) is 73.3 Å². The summed E-state index contributed by atoms with van der Waals surface area (Å²) in [6.45, 7) is 7.55. The number of hydrogen-bond donors (Lipinski definition) is 2. The Bertz CT molecular complexity index is 1000. The molecule has 0 spiro atoms. The molecule has 0 unspecified atom stereocenters. The van der Waals surface area contributed by atoms with Crippen LogP contribution in [0, 0.1) is 6.92 Å². The van der Waals surface area contributed by atoms with Crippen molar-refractivity contribution in [2.24, 2.45) is 0 Å². The van der Waals surface area contributed by atoms with E-state index < -0.39 is 5.97 Å². The molecule has 4 rings (SSSR count). The molecule has 0 atom stereocenters. The lowest BCUT2D eigenvalue weighted by Gasteiger charge is -2.24. The third-order valence-electron chi connectivity index (χ3n) is 5.20. The van der Waals surface area contributed by atoms with Gasteiger partial charge in [-0.3, -0.25) is 0 Å². The number of aromatic hydroxyl groups is 1. The number of carbonyl (C=O) groups excluding carboxylic acids is 1. The van der Waals surface area contributed by atoms with Crippen molar-refractivity contribution in [2.45, 2.75) is 20.4 Å². The van der Waals surface area contributed by atoms with Gasteiger partial charge in [0.2, 0.25) is 0 Å². The Labute approximate surface area is 157 Å². The van der Waals surface area contributed by atoms with Gasteiger partial charge < -0.3 is 23.9 Å². The number of phenolic OH excluding ortho intramolecular Hbond substituents is 1. The molecule has 2 aromatic carbocycles.